The lowest BCUT2D eigenvalue weighted by Gasteiger charge is -2.10. The van der Waals surface area contributed by atoms with E-state index in [2.05, 4.69) is 93.7 Å². The molecule has 0 aliphatic carbocycles. The van der Waals surface area contributed by atoms with Crippen LogP contribution in [0, 0.1) is 0 Å². The second kappa shape index (κ2) is 7.31. The van der Waals surface area contributed by atoms with Gasteiger partial charge in [-0.25, -0.2) is 0 Å². The fraction of sp³-hybridized carbons (Fsp3) is 0. The summed E-state index contributed by atoms with van der Waals surface area (Å²) in [6.07, 6.45) is 0. The third-order valence-electron chi connectivity index (χ3n) is 4.42. The lowest BCUT2D eigenvalue weighted by molar-refractivity contribution is 0.670. The highest BCUT2D eigenvalue weighted by Gasteiger charge is 2.29. The summed E-state index contributed by atoms with van der Waals surface area (Å²) in [6.45, 7) is 28.9. The van der Waals surface area contributed by atoms with E-state index in [1.165, 1.54) is 0 Å². The zero-order valence-corrected chi connectivity index (χ0v) is 15.6. The molecule has 0 radical (unpaired) electrons. The summed E-state index contributed by atoms with van der Waals surface area (Å²) >= 11 is 0. The van der Waals surface area contributed by atoms with Crippen LogP contribution < -0.4 is 0 Å². The van der Waals surface area contributed by atoms with Gasteiger partial charge in [0.15, 0.2) is 11.2 Å². The van der Waals surface area contributed by atoms with Gasteiger partial charge in [0, 0.05) is 0 Å². The molecule has 0 atom stereocenters. The smallest absolute Gasteiger partial charge is 0.165 e. The molecule has 0 aliphatic heterocycles. The van der Waals surface area contributed by atoms with Gasteiger partial charge in [-0.3, -0.25) is 39.9 Å². The molecule has 9 nitrogen and oxygen atoms in total. The van der Waals surface area contributed by atoms with Gasteiger partial charge in [0.25, 0.3) is 0 Å². The molecule has 9 heteroatoms. The molecule has 3 rings (SSSR count). The van der Waals surface area contributed by atoms with E-state index < -0.39 is 0 Å². The van der Waals surface area contributed by atoms with Crippen LogP contribution in [0.3, 0.4) is 0 Å². The molecular weight excluding hydrogens is 368 g/mol. The number of nitrogens with zero attached hydrogens (tertiary/aromatic N) is 8. The molecule has 0 amide bonds. The number of fused-ring (bicyclic) bond motifs is 3. The van der Waals surface area contributed by atoms with E-state index in [9.17, 15) is 0 Å². The molecule has 0 fully saturated rings. The van der Waals surface area contributed by atoms with Gasteiger partial charge in [0.05, 0.1) is 10.8 Å². The van der Waals surface area contributed by atoms with Gasteiger partial charge >= 0.3 is 0 Å². The standard InChI is InChI=1S/C20H16N8O/c1-21-11-9-10-12(22-2)14(24-4)16(26-6)18(28-8)20(10)29-19(9)17(27-7)15(25-5)13(11)23-3/h1-8H2. The zero-order chi connectivity index (χ0) is 21.3. The summed E-state index contributed by atoms with van der Waals surface area (Å²) in [5.74, 6) is 0. The summed E-state index contributed by atoms with van der Waals surface area (Å²) in [5, 5.41) is 0.972. The average Bonchev–Trinajstić information content (AvgIpc) is 3.14. The van der Waals surface area contributed by atoms with E-state index in [1.807, 2.05) is 0 Å². The molecule has 29 heavy (non-hydrogen) atoms. The van der Waals surface area contributed by atoms with Crippen molar-refractivity contribution in [2.75, 3.05) is 0 Å². The highest BCUT2D eigenvalue weighted by atomic mass is 16.3. The van der Waals surface area contributed by atoms with Crippen molar-refractivity contribution in [3.63, 3.8) is 0 Å². The largest absolute Gasteiger partial charge is 0.451 e. The average molecular weight is 384 g/mol. The number of benzene rings is 2. The maximum absolute atomic E-state index is 6.12. The van der Waals surface area contributed by atoms with Gasteiger partial charge in [-0.2, -0.15) is 0 Å². The van der Waals surface area contributed by atoms with E-state index in [1.54, 1.807) is 0 Å². The molecule has 0 bridgehead atoms. The Morgan fingerprint density at radius 2 is 0.586 bits per heavy atom. The van der Waals surface area contributed by atoms with Crippen LogP contribution in [0.15, 0.2) is 44.4 Å². The van der Waals surface area contributed by atoms with Crippen LogP contribution >= 0.6 is 0 Å². The first-order chi connectivity index (χ1) is 14.1. The van der Waals surface area contributed by atoms with Crippen molar-refractivity contribution in [2.24, 2.45) is 39.9 Å². The van der Waals surface area contributed by atoms with Gasteiger partial charge in [0.2, 0.25) is 0 Å². The van der Waals surface area contributed by atoms with Crippen LogP contribution in [0.5, 0.6) is 0 Å². The molecule has 0 saturated heterocycles. The lowest BCUT2D eigenvalue weighted by Crippen LogP contribution is -1.79. The minimum atomic E-state index is 0.298. The molecule has 2 aromatic carbocycles. The summed E-state index contributed by atoms with van der Waals surface area (Å²) in [4.78, 5) is 32.4. The predicted octanol–water partition coefficient (Wildman–Crippen LogP) is 6.24. The van der Waals surface area contributed by atoms with Crippen LogP contribution in [0.25, 0.3) is 21.9 Å². The molecule has 0 unspecified atom stereocenters. The fourth-order valence-electron chi connectivity index (χ4n) is 3.32. The Labute approximate surface area is 166 Å². The van der Waals surface area contributed by atoms with Crippen molar-refractivity contribution in [3.8, 4) is 0 Å². The Kier molecular flexibility index (Phi) is 4.88. The first kappa shape index (κ1) is 19.4. The number of hydrogen-bond donors (Lipinski definition) is 0. The second-order valence-electron chi connectivity index (χ2n) is 5.56. The highest BCUT2D eigenvalue weighted by molar-refractivity contribution is 6.27. The quantitative estimate of drug-likeness (QED) is 0.420. The Morgan fingerprint density at radius 1 is 0.345 bits per heavy atom. The Morgan fingerprint density at radius 3 is 0.828 bits per heavy atom. The maximum Gasteiger partial charge on any atom is 0.165 e. The van der Waals surface area contributed by atoms with Crippen LogP contribution in [0.4, 0.5) is 45.5 Å². The summed E-state index contributed by atoms with van der Waals surface area (Å²) in [6, 6.07) is 0. The van der Waals surface area contributed by atoms with E-state index in [0.717, 1.165) is 0 Å². The van der Waals surface area contributed by atoms with E-state index >= 15 is 0 Å². The molecule has 142 valence electrons. The first-order valence-electron chi connectivity index (χ1n) is 7.98. The minimum absolute atomic E-state index is 0.298. The molecule has 1 heterocycles. The summed E-state index contributed by atoms with van der Waals surface area (Å²) < 4.78 is 6.12. The molecular formula is C20H16N8O. The van der Waals surface area contributed by atoms with Crippen molar-refractivity contribution in [2.45, 2.75) is 0 Å². The predicted molar refractivity (Wildman–Crippen MR) is 127 cm³/mol. The van der Waals surface area contributed by atoms with Crippen molar-refractivity contribution in [1.29, 1.82) is 0 Å². The minimum Gasteiger partial charge on any atom is -0.451 e. The van der Waals surface area contributed by atoms with Crippen molar-refractivity contribution >= 4 is 121 Å². The molecule has 3 aromatic rings. The van der Waals surface area contributed by atoms with E-state index in [0.29, 0.717) is 67.4 Å². The lowest BCUT2D eigenvalue weighted by atomic mass is 10.0. The summed E-state index contributed by atoms with van der Waals surface area (Å²) in [5.41, 5.74) is 3.12. The third kappa shape index (κ3) is 2.41. The Hall–Kier alpha value is -4.40. The molecule has 0 aliphatic rings. The maximum atomic E-state index is 6.12. The van der Waals surface area contributed by atoms with Crippen molar-refractivity contribution in [1.82, 2.24) is 0 Å². The van der Waals surface area contributed by atoms with Crippen LogP contribution in [0.1, 0.15) is 0 Å². The second-order valence-corrected chi connectivity index (χ2v) is 5.56. The molecule has 0 N–H and O–H groups in total. The van der Waals surface area contributed by atoms with E-state index in [-0.39, 0.29) is 0 Å². The van der Waals surface area contributed by atoms with E-state index in [4.69, 9.17) is 4.42 Å². The van der Waals surface area contributed by atoms with Gasteiger partial charge in [0.1, 0.15) is 45.5 Å². The van der Waals surface area contributed by atoms with Gasteiger partial charge in [-0.05, 0) is 53.7 Å². The van der Waals surface area contributed by atoms with Crippen molar-refractivity contribution in [3.05, 3.63) is 0 Å². The van der Waals surface area contributed by atoms with Crippen LogP contribution in [-0.4, -0.2) is 53.7 Å². The topological polar surface area (TPSA) is 112 Å². The molecule has 0 spiro atoms. The summed E-state index contributed by atoms with van der Waals surface area (Å²) in [7, 11) is 0. The third-order valence-corrected chi connectivity index (χ3v) is 4.42. The van der Waals surface area contributed by atoms with Crippen LogP contribution in [-0.2, 0) is 0 Å². The SMILES string of the molecule is C=Nc1c(N=C)c(N=C)c2c(oc3c(N=C)c(N=C)c(N=C)c(N=C)c32)c1N=C. The Balaban J connectivity index is 2.89. The zero-order valence-electron chi connectivity index (χ0n) is 15.6. The molecule has 0 saturated carbocycles. The van der Waals surface area contributed by atoms with Gasteiger partial charge < -0.3 is 4.42 Å². The number of aliphatic imine (C=N–C) groups is 8. The number of rotatable bonds is 8. The first-order valence-corrected chi connectivity index (χ1v) is 7.98. The van der Waals surface area contributed by atoms with Gasteiger partial charge in [-0.1, -0.05) is 0 Å². The van der Waals surface area contributed by atoms with Crippen molar-refractivity contribution < 1.29 is 4.42 Å². The number of furan rings is 1. The fourth-order valence-corrected chi connectivity index (χ4v) is 3.32. The van der Waals surface area contributed by atoms with Gasteiger partial charge in [-0.15, -0.1) is 0 Å². The van der Waals surface area contributed by atoms with Crippen LogP contribution in [0.2, 0.25) is 0 Å². The normalized spacial score (nSPS) is 10.5. The Bertz CT molecular complexity index is 1200. The monoisotopic (exact) mass is 384 g/mol. The number of hydrogen-bond acceptors (Lipinski definition) is 9. The molecule has 1 aromatic heterocycles. The highest BCUT2D eigenvalue weighted by Crippen LogP contribution is 2.59.